The van der Waals surface area contributed by atoms with Gasteiger partial charge in [0.2, 0.25) is 0 Å². The van der Waals surface area contributed by atoms with Crippen molar-refractivity contribution in [2.24, 2.45) is 5.92 Å². The summed E-state index contributed by atoms with van der Waals surface area (Å²) in [6, 6.07) is 3.77. The number of carboxylic acids is 1. The Kier molecular flexibility index (Phi) is 9.00. The summed E-state index contributed by atoms with van der Waals surface area (Å²) in [5, 5.41) is 23.7. The Morgan fingerprint density at radius 1 is 1.20 bits per heavy atom. The lowest BCUT2D eigenvalue weighted by Crippen LogP contribution is -2.36. The normalized spacial score (nSPS) is 19.2. The molecule has 0 spiro atoms. The first-order valence-corrected chi connectivity index (χ1v) is 14.9. The lowest BCUT2D eigenvalue weighted by molar-refractivity contribution is -0.142. The standard InChI is InChI=1S/C29H37FN6O4S/c1-17-12-20(13-21(30)26(17)40-3)25-23(16-36-9-5-4-6-18(36)2)41-29(33-25)34-27(37)22-14-32-24(15-31-22)35-10-7-19(8-11-35)28(38)39/h12-15,18-19,27,37H,4-11,16H2,1-3H3,(H,33,34)(H,38,39)/t18-,27?/m1/s1. The number of carboxylic acid groups (broad SMARTS) is 1. The molecule has 4 heterocycles. The Labute approximate surface area is 243 Å². The molecule has 41 heavy (non-hydrogen) atoms. The second-order valence-electron chi connectivity index (χ2n) is 10.9. The molecule has 5 rings (SSSR count). The minimum Gasteiger partial charge on any atom is -0.493 e. The van der Waals surface area contributed by atoms with Crippen molar-refractivity contribution in [3.05, 3.63) is 46.5 Å². The molecule has 2 aliphatic rings. The Hall–Kier alpha value is -3.35. The van der Waals surface area contributed by atoms with Gasteiger partial charge in [-0.25, -0.2) is 14.4 Å². The maximum atomic E-state index is 14.8. The molecule has 0 amide bonds. The number of carbonyl (C=O) groups is 1. The van der Waals surface area contributed by atoms with Crippen LogP contribution in [-0.2, 0) is 11.3 Å². The molecule has 2 aliphatic heterocycles. The summed E-state index contributed by atoms with van der Waals surface area (Å²) in [5.74, 6) is -0.654. The quantitative estimate of drug-likeness (QED) is 0.301. The van der Waals surface area contributed by atoms with Crippen LogP contribution in [-0.4, -0.2) is 68.8 Å². The van der Waals surface area contributed by atoms with E-state index in [0.29, 0.717) is 72.0 Å². The second kappa shape index (κ2) is 12.7. The molecule has 2 atom stereocenters. The summed E-state index contributed by atoms with van der Waals surface area (Å²) in [7, 11) is 1.46. The number of aliphatic hydroxyl groups is 1. The molecule has 1 aromatic carbocycles. The van der Waals surface area contributed by atoms with Crippen molar-refractivity contribution < 1.29 is 24.1 Å². The van der Waals surface area contributed by atoms with Crippen LogP contribution in [0.25, 0.3) is 11.3 Å². The van der Waals surface area contributed by atoms with Gasteiger partial charge in [0.25, 0.3) is 0 Å². The largest absolute Gasteiger partial charge is 0.493 e. The predicted octanol–water partition coefficient (Wildman–Crippen LogP) is 4.83. The minimum atomic E-state index is -1.15. The molecule has 3 N–H and O–H groups in total. The highest BCUT2D eigenvalue weighted by Gasteiger charge is 2.26. The Morgan fingerprint density at radius 2 is 1.98 bits per heavy atom. The van der Waals surface area contributed by atoms with Crippen LogP contribution in [0.5, 0.6) is 5.75 Å². The van der Waals surface area contributed by atoms with Gasteiger partial charge in [0.15, 0.2) is 22.9 Å². The van der Waals surface area contributed by atoms with Crippen molar-refractivity contribution in [2.75, 3.05) is 37.0 Å². The van der Waals surface area contributed by atoms with Gasteiger partial charge in [0, 0.05) is 36.1 Å². The summed E-state index contributed by atoms with van der Waals surface area (Å²) in [6.07, 6.45) is 6.59. The van der Waals surface area contributed by atoms with Crippen LogP contribution < -0.4 is 15.0 Å². The van der Waals surface area contributed by atoms with Crippen LogP contribution in [0.2, 0.25) is 0 Å². The van der Waals surface area contributed by atoms with Gasteiger partial charge >= 0.3 is 5.97 Å². The lowest BCUT2D eigenvalue weighted by atomic mass is 9.97. The number of methoxy groups -OCH3 is 1. The van der Waals surface area contributed by atoms with Crippen LogP contribution >= 0.6 is 11.3 Å². The zero-order valence-electron chi connectivity index (χ0n) is 23.6. The van der Waals surface area contributed by atoms with E-state index in [0.717, 1.165) is 24.3 Å². The van der Waals surface area contributed by atoms with Gasteiger partial charge in [0.1, 0.15) is 11.5 Å². The van der Waals surface area contributed by atoms with E-state index in [2.05, 4.69) is 27.1 Å². The van der Waals surface area contributed by atoms with E-state index < -0.39 is 18.0 Å². The van der Waals surface area contributed by atoms with E-state index in [9.17, 15) is 19.4 Å². The van der Waals surface area contributed by atoms with Gasteiger partial charge in [-0.15, -0.1) is 11.3 Å². The van der Waals surface area contributed by atoms with Gasteiger partial charge in [-0.2, -0.15) is 0 Å². The molecule has 3 aromatic rings. The maximum absolute atomic E-state index is 14.8. The van der Waals surface area contributed by atoms with E-state index in [1.807, 2.05) is 17.9 Å². The van der Waals surface area contributed by atoms with Gasteiger partial charge in [-0.05, 0) is 63.8 Å². The van der Waals surface area contributed by atoms with Gasteiger partial charge in [-0.1, -0.05) is 6.42 Å². The summed E-state index contributed by atoms with van der Waals surface area (Å²) in [6.45, 7) is 6.91. The highest BCUT2D eigenvalue weighted by atomic mass is 32.1. The number of hydrogen-bond acceptors (Lipinski definition) is 10. The smallest absolute Gasteiger partial charge is 0.306 e. The van der Waals surface area contributed by atoms with E-state index >= 15 is 0 Å². The zero-order valence-corrected chi connectivity index (χ0v) is 24.5. The molecule has 12 heteroatoms. The number of aryl methyl sites for hydroxylation is 1. The van der Waals surface area contributed by atoms with E-state index in [1.54, 1.807) is 6.20 Å². The van der Waals surface area contributed by atoms with Crippen LogP contribution in [0.1, 0.15) is 61.4 Å². The van der Waals surface area contributed by atoms with Crippen molar-refractivity contribution in [1.82, 2.24) is 19.9 Å². The van der Waals surface area contributed by atoms with Crippen LogP contribution in [0.4, 0.5) is 15.3 Å². The van der Waals surface area contributed by atoms with Crippen LogP contribution in [0.15, 0.2) is 24.5 Å². The fourth-order valence-corrected chi connectivity index (χ4v) is 6.66. The number of piperidine rings is 2. The number of anilines is 2. The average Bonchev–Trinajstić information content (AvgIpc) is 3.36. The van der Waals surface area contributed by atoms with Gasteiger partial charge < -0.3 is 25.2 Å². The number of likely N-dealkylation sites (tertiary alicyclic amines) is 1. The maximum Gasteiger partial charge on any atom is 0.306 e. The highest BCUT2D eigenvalue weighted by molar-refractivity contribution is 7.16. The number of thiazole rings is 1. The number of aromatic nitrogens is 3. The third-order valence-electron chi connectivity index (χ3n) is 8.06. The average molecular weight is 585 g/mol. The molecule has 1 unspecified atom stereocenters. The number of ether oxygens (including phenoxy) is 1. The predicted molar refractivity (Wildman–Crippen MR) is 156 cm³/mol. The number of nitrogens with zero attached hydrogens (tertiary/aromatic N) is 5. The van der Waals surface area contributed by atoms with E-state index in [4.69, 9.17) is 9.72 Å². The molecule has 0 saturated carbocycles. The molecule has 220 valence electrons. The van der Waals surface area contributed by atoms with Crippen LogP contribution in [0, 0.1) is 18.7 Å². The number of rotatable bonds is 9. The highest BCUT2D eigenvalue weighted by Crippen LogP contribution is 2.37. The first-order valence-electron chi connectivity index (χ1n) is 14.1. The molecule has 0 radical (unpaired) electrons. The third-order valence-corrected chi connectivity index (χ3v) is 9.03. The molecular weight excluding hydrogens is 547 g/mol. The molecular formula is C29H37FN6O4S. The van der Waals surface area contributed by atoms with Crippen LogP contribution in [0.3, 0.4) is 0 Å². The summed E-state index contributed by atoms with van der Waals surface area (Å²) in [5.41, 5.74) is 2.36. The van der Waals surface area contributed by atoms with Gasteiger partial charge in [0.05, 0.1) is 31.1 Å². The van der Waals surface area contributed by atoms with Gasteiger partial charge in [-0.3, -0.25) is 14.7 Å². The first-order chi connectivity index (χ1) is 19.7. The molecule has 10 nitrogen and oxygen atoms in total. The summed E-state index contributed by atoms with van der Waals surface area (Å²) < 4.78 is 20.1. The van der Waals surface area contributed by atoms with Crippen molar-refractivity contribution >= 4 is 28.3 Å². The second-order valence-corrected chi connectivity index (χ2v) is 11.9. The van der Waals surface area contributed by atoms with Crippen molar-refractivity contribution in [3.8, 4) is 17.0 Å². The van der Waals surface area contributed by atoms with E-state index in [-0.39, 0.29) is 11.7 Å². The number of hydrogen-bond donors (Lipinski definition) is 3. The molecule has 2 saturated heterocycles. The topological polar surface area (TPSA) is 124 Å². The molecule has 0 aliphatic carbocycles. The molecule has 2 fully saturated rings. The third kappa shape index (κ3) is 6.60. The summed E-state index contributed by atoms with van der Waals surface area (Å²) >= 11 is 1.44. The minimum absolute atomic E-state index is 0.220. The number of nitrogens with one attached hydrogen (secondary N) is 1. The first kappa shape index (κ1) is 29.2. The Balaban J connectivity index is 1.35. The molecule has 0 bridgehead atoms. The monoisotopic (exact) mass is 584 g/mol. The summed E-state index contributed by atoms with van der Waals surface area (Å²) in [4.78, 5) is 30.3. The fourth-order valence-electron chi connectivity index (χ4n) is 5.63. The molecule has 2 aromatic heterocycles. The Bertz CT molecular complexity index is 1340. The SMILES string of the molecule is COc1c(C)cc(-c2nc(NC(O)c3cnc(N4CCC(C(=O)O)CC4)cn3)sc2CN2CCCC[C@H]2C)cc1F. The van der Waals surface area contributed by atoms with E-state index in [1.165, 1.54) is 37.1 Å². The lowest BCUT2D eigenvalue weighted by Gasteiger charge is -2.33. The van der Waals surface area contributed by atoms with Crippen molar-refractivity contribution in [2.45, 2.75) is 64.8 Å². The van der Waals surface area contributed by atoms with Crippen molar-refractivity contribution in [1.29, 1.82) is 0 Å². The number of halogens is 1. The van der Waals surface area contributed by atoms with Crippen molar-refractivity contribution in [3.63, 3.8) is 0 Å². The number of aliphatic hydroxyl groups excluding tert-OH is 1. The fraction of sp³-hybridized carbons (Fsp3) is 0.517. The zero-order chi connectivity index (χ0) is 29.1. The number of benzene rings is 1. The Morgan fingerprint density at radius 3 is 2.61 bits per heavy atom. The number of aliphatic carboxylic acids is 1.